The molecule has 1 aromatic carbocycles. The molecular weight excluding hydrogens is 293 g/mol. The summed E-state index contributed by atoms with van der Waals surface area (Å²) in [5, 5.41) is 28.3. The Labute approximate surface area is 116 Å². The van der Waals surface area contributed by atoms with Gasteiger partial charge in [-0.2, -0.15) is 13.2 Å². The first-order valence-corrected chi connectivity index (χ1v) is 5.66. The smallest absolute Gasteiger partial charge is 0.438 e. The number of nitrogens with zero attached hydrogens (tertiary/aromatic N) is 1. The molecule has 1 unspecified atom stereocenters. The van der Waals surface area contributed by atoms with Crippen molar-refractivity contribution in [1.29, 1.82) is 0 Å². The molecule has 1 aliphatic rings. The Balaban J connectivity index is 2.44. The summed E-state index contributed by atoms with van der Waals surface area (Å²) in [4.78, 5) is 12.1. The molecule has 4 N–H and O–H groups in total. The number of halogens is 3. The zero-order valence-corrected chi connectivity index (χ0v) is 10.5. The van der Waals surface area contributed by atoms with E-state index in [1.165, 1.54) is 0 Å². The number of rotatable bonds is 1. The molecular formula is C12H11F3N2O4. The van der Waals surface area contributed by atoms with Crippen LogP contribution in [0, 0.1) is 0 Å². The monoisotopic (exact) mass is 304 g/mol. The van der Waals surface area contributed by atoms with Gasteiger partial charge in [0.25, 0.3) is 11.6 Å². The number of hydrogen-bond acceptors (Lipinski definition) is 5. The molecule has 9 heteroatoms. The van der Waals surface area contributed by atoms with Gasteiger partial charge in [-0.3, -0.25) is 10.2 Å². The molecule has 0 aromatic heterocycles. The number of amides is 1. The van der Waals surface area contributed by atoms with Gasteiger partial charge in [0.1, 0.15) is 11.5 Å². The Morgan fingerprint density at radius 3 is 2.29 bits per heavy atom. The summed E-state index contributed by atoms with van der Waals surface area (Å²) in [6.45, 7) is 3.26. The molecule has 1 fully saturated rings. The molecule has 6 nitrogen and oxygen atoms in total. The molecule has 1 heterocycles. The number of benzene rings is 1. The summed E-state index contributed by atoms with van der Waals surface area (Å²) in [5.74, 6) is -2.29. The van der Waals surface area contributed by atoms with E-state index in [2.05, 4.69) is 6.58 Å². The summed E-state index contributed by atoms with van der Waals surface area (Å²) in [6.07, 6.45) is -6.04. The van der Waals surface area contributed by atoms with Gasteiger partial charge in [0.05, 0.1) is 0 Å². The minimum atomic E-state index is -5.12. The Morgan fingerprint density at radius 2 is 1.81 bits per heavy atom. The fourth-order valence-corrected chi connectivity index (χ4v) is 1.96. The molecule has 114 valence electrons. The highest BCUT2D eigenvalue weighted by atomic mass is 19.4. The number of carbonyl (C=O) groups is 1. The number of aliphatic hydroxyl groups is 1. The van der Waals surface area contributed by atoms with Gasteiger partial charge < -0.3 is 15.3 Å². The van der Waals surface area contributed by atoms with Gasteiger partial charge >= 0.3 is 6.18 Å². The van der Waals surface area contributed by atoms with E-state index in [1.54, 1.807) is 0 Å². The van der Waals surface area contributed by atoms with Crippen LogP contribution in [0.15, 0.2) is 30.5 Å². The van der Waals surface area contributed by atoms with Gasteiger partial charge in [0.2, 0.25) is 0 Å². The second-order valence-electron chi connectivity index (χ2n) is 4.59. The van der Waals surface area contributed by atoms with Crippen LogP contribution in [0.3, 0.4) is 0 Å². The van der Waals surface area contributed by atoms with Crippen molar-refractivity contribution in [1.82, 2.24) is 10.4 Å². The van der Waals surface area contributed by atoms with Gasteiger partial charge in [-0.1, -0.05) is 6.58 Å². The van der Waals surface area contributed by atoms with Gasteiger partial charge in [0.15, 0.2) is 0 Å². The van der Waals surface area contributed by atoms with E-state index in [-0.39, 0.29) is 10.7 Å². The molecule has 0 aliphatic carbocycles. The van der Waals surface area contributed by atoms with Crippen LogP contribution in [0.1, 0.15) is 16.8 Å². The van der Waals surface area contributed by atoms with E-state index in [4.69, 9.17) is 0 Å². The number of aromatic hydroxyl groups is 2. The van der Waals surface area contributed by atoms with Crippen molar-refractivity contribution in [3.63, 3.8) is 0 Å². The highest BCUT2D eigenvalue weighted by molar-refractivity contribution is 5.95. The summed E-state index contributed by atoms with van der Waals surface area (Å²) < 4.78 is 38.9. The zero-order valence-electron chi connectivity index (χ0n) is 10.5. The second kappa shape index (κ2) is 4.55. The summed E-state index contributed by atoms with van der Waals surface area (Å²) in [5.41, 5.74) is -2.05. The van der Waals surface area contributed by atoms with Crippen molar-refractivity contribution >= 4 is 5.91 Å². The number of hydrogen-bond donors (Lipinski definition) is 4. The highest BCUT2D eigenvalue weighted by Crippen LogP contribution is 2.41. The quantitative estimate of drug-likeness (QED) is 0.626. The predicted octanol–water partition coefficient (Wildman–Crippen LogP) is 1.21. The lowest BCUT2D eigenvalue weighted by atomic mass is 10.1. The minimum Gasteiger partial charge on any atom is -0.508 e. The van der Waals surface area contributed by atoms with Crippen LogP contribution < -0.4 is 5.43 Å². The minimum absolute atomic E-state index is 0.0243. The first kappa shape index (κ1) is 15.0. The number of carbonyl (C=O) groups excluding carboxylic acids is 1. The third kappa shape index (κ3) is 2.47. The fraction of sp³-hybridized carbons (Fsp3) is 0.250. The Morgan fingerprint density at radius 1 is 1.29 bits per heavy atom. The number of phenols is 2. The van der Waals surface area contributed by atoms with E-state index in [0.717, 1.165) is 18.2 Å². The van der Waals surface area contributed by atoms with Crippen molar-refractivity contribution in [3.05, 3.63) is 36.0 Å². The van der Waals surface area contributed by atoms with E-state index in [1.807, 2.05) is 5.43 Å². The van der Waals surface area contributed by atoms with Crippen LogP contribution in [-0.4, -0.2) is 38.1 Å². The van der Waals surface area contributed by atoms with Crippen LogP contribution in [0.2, 0.25) is 0 Å². The number of hydrazine groups is 1. The molecule has 1 aromatic rings. The van der Waals surface area contributed by atoms with Crippen molar-refractivity contribution < 1.29 is 33.3 Å². The SMILES string of the molecule is C=C1CC(O)(C(F)(F)F)N(C(=O)c2cc(O)cc(O)c2)N1. The van der Waals surface area contributed by atoms with Gasteiger partial charge in [-0.15, -0.1) is 0 Å². The average Bonchev–Trinajstić information content (AvgIpc) is 2.63. The maximum atomic E-state index is 13.0. The molecule has 0 bridgehead atoms. The van der Waals surface area contributed by atoms with Gasteiger partial charge in [-0.25, -0.2) is 5.01 Å². The molecule has 0 spiro atoms. The lowest BCUT2D eigenvalue weighted by Crippen LogP contribution is -2.59. The predicted molar refractivity (Wildman–Crippen MR) is 63.8 cm³/mol. The summed E-state index contributed by atoms with van der Waals surface area (Å²) in [7, 11) is 0. The first-order chi connectivity index (χ1) is 9.54. The average molecular weight is 304 g/mol. The number of alkyl halides is 3. The van der Waals surface area contributed by atoms with Crippen molar-refractivity contribution in [2.75, 3.05) is 0 Å². The molecule has 0 radical (unpaired) electrons. The molecule has 21 heavy (non-hydrogen) atoms. The summed E-state index contributed by atoms with van der Waals surface area (Å²) >= 11 is 0. The van der Waals surface area contributed by atoms with Crippen LogP contribution in [0.25, 0.3) is 0 Å². The number of phenolic OH excluding ortho intramolecular Hbond substituents is 2. The lowest BCUT2D eigenvalue weighted by Gasteiger charge is -2.33. The van der Waals surface area contributed by atoms with Crippen LogP contribution in [0.5, 0.6) is 11.5 Å². The normalized spacial score (nSPS) is 22.3. The van der Waals surface area contributed by atoms with Crippen LogP contribution in [0.4, 0.5) is 13.2 Å². The maximum Gasteiger partial charge on any atom is 0.438 e. The Hall–Kier alpha value is -2.42. The Bertz CT molecular complexity index is 597. The second-order valence-corrected chi connectivity index (χ2v) is 4.59. The molecule has 1 aliphatic heterocycles. The highest BCUT2D eigenvalue weighted by Gasteiger charge is 2.63. The van der Waals surface area contributed by atoms with E-state index >= 15 is 0 Å². The van der Waals surface area contributed by atoms with Crippen LogP contribution >= 0.6 is 0 Å². The van der Waals surface area contributed by atoms with Crippen molar-refractivity contribution in [2.24, 2.45) is 0 Å². The number of nitrogens with one attached hydrogen (secondary N) is 1. The molecule has 2 rings (SSSR count). The molecule has 1 amide bonds. The molecule has 1 saturated heterocycles. The largest absolute Gasteiger partial charge is 0.508 e. The standard InChI is InChI=1S/C12H11F3N2O4/c1-6-5-11(21,12(13,14)15)17(16-6)10(20)7-2-8(18)4-9(19)3-7/h2-4,16,18-19,21H,1,5H2. The van der Waals surface area contributed by atoms with E-state index in [0.29, 0.717) is 0 Å². The van der Waals surface area contributed by atoms with E-state index in [9.17, 15) is 33.3 Å². The van der Waals surface area contributed by atoms with Crippen LogP contribution in [-0.2, 0) is 0 Å². The summed E-state index contributed by atoms with van der Waals surface area (Å²) in [6, 6.07) is 2.63. The van der Waals surface area contributed by atoms with E-state index < -0.39 is 41.3 Å². The fourth-order valence-electron chi connectivity index (χ4n) is 1.96. The third-order valence-electron chi connectivity index (χ3n) is 2.91. The van der Waals surface area contributed by atoms with Gasteiger partial charge in [0, 0.05) is 23.7 Å². The third-order valence-corrected chi connectivity index (χ3v) is 2.91. The maximum absolute atomic E-state index is 13.0. The van der Waals surface area contributed by atoms with Crippen molar-refractivity contribution in [3.8, 4) is 11.5 Å². The molecule has 0 saturated carbocycles. The molecule has 1 atom stereocenters. The topological polar surface area (TPSA) is 93.0 Å². The zero-order chi connectivity index (χ0) is 16.0. The van der Waals surface area contributed by atoms with Gasteiger partial charge in [-0.05, 0) is 12.1 Å². The Kier molecular flexibility index (Phi) is 3.25. The lowest BCUT2D eigenvalue weighted by molar-refractivity contribution is -0.299. The first-order valence-electron chi connectivity index (χ1n) is 5.66. The van der Waals surface area contributed by atoms with Crippen molar-refractivity contribution in [2.45, 2.75) is 18.3 Å².